The zero-order valence-corrected chi connectivity index (χ0v) is 19.9. The minimum atomic E-state index is -0.654. The van der Waals surface area contributed by atoms with Gasteiger partial charge in [0.25, 0.3) is 0 Å². The molecule has 2 heterocycles. The Bertz CT molecular complexity index is 991. The summed E-state index contributed by atoms with van der Waals surface area (Å²) < 4.78 is 17.5. The number of hydrogen-bond donors (Lipinski definition) is 2. The number of carbonyl (C=O) groups excluding carboxylic acids is 1. The molecule has 1 atom stereocenters. The maximum atomic E-state index is 11.8. The highest BCUT2D eigenvalue weighted by atomic mass is 35.5. The number of halogens is 1. The molecule has 0 unspecified atom stereocenters. The summed E-state index contributed by atoms with van der Waals surface area (Å²) in [6.45, 7) is 2.35. The van der Waals surface area contributed by atoms with Gasteiger partial charge in [-0.1, -0.05) is 17.7 Å². The summed E-state index contributed by atoms with van der Waals surface area (Å²) in [4.78, 5) is 14.1. The van der Waals surface area contributed by atoms with Gasteiger partial charge in [0.05, 0.1) is 13.5 Å². The van der Waals surface area contributed by atoms with Crippen molar-refractivity contribution < 1.29 is 24.1 Å². The Morgan fingerprint density at radius 1 is 1.27 bits per heavy atom. The molecular formula is C25H31ClN2O5. The quantitative estimate of drug-likeness (QED) is 0.612. The Morgan fingerprint density at radius 2 is 2.06 bits per heavy atom. The third kappa shape index (κ3) is 5.72. The van der Waals surface area contributed by atoms with Gasteiger partial charge in [0, 0.05) is 62.6 Å². The summed E-state index contributed by atoms with van der Waals surface area (Å²) in [5.41, 5.74) is 1.76. The van der Waals surface area contributed by atoms with Gasteiger partial charge < -0.3 is 29.5 Å². The molecule has 7 nitrogen and oxygen atoms in total. The number of nitrogens with one attached hydrogen (secondary N) is 1. The van der Waals surface area contributed by atoms with Gasteiger partial charge in [-0.25, -0.2) is 0 Å². The molecular weight excluding hydrogens is 444 g/mol. The molecule has 8 heteroatoms. The van der Waals surface area contributed by atoms with Crippen LogP contribution in [0, 0.1) is 0 Å². The van der Waals surface area contributed by atoms with E-state index in [0.717, 1.165) is 48.7 Å². The average Bonchev–Trinajstić information content (AvgIpc) is 3.16. The van der Waals surface area contributed by atoms with Gasteiger partial charge in [-0.3, -0.25) is 4.79 Å². The molecule has 178 valence electrons. The van der Waals surface area contributed by atoms with Crippen molar-refractivity contribution >= 4 is 17.5 Å². The van der Waals surface area contributed by atoms with Gasteiger partial charge in [0.15, 0.2) is 0 Å². The second-order valence-electron chi connectivity index (χ2n) is 8.80. The summed E-state index contributed by atoms with van der Waals surface area (Å²) in [5, 5.41) is 14.0. The number of amides is 1. The van der Waals surface area contributed by atoms with E-state index in [0.29, 0.717) is 18.0 Å². The number of β-amino-alcohol motifs (C(OH)–C–C–N with tert-alkyl or cyclic N) is 1. The molecule has 1 amide bonds. The topological polar surface area (TPSA) is 80.3 Å². The van der Waals surface area contributed by atoms with Crippen molar-refractivity contribution in [1.82, 2.24) is 10.2 Å². The van der Waals surface area contributed by atoms with Crippen LogP contribution in [-0.2, 0) is 17.6 Å². The SMILES string of the molecule is CNC(=O)Cc1ccc(OC)cc1OC[C@@H](O)CN1CCC2(CC1)Cc1cc(Cl)ccc1O2. The molecule has 2 N–H and O–H groups in total. The lowest BCUT2D eigenvalue weighted by Crippen LogP contribution is -2.49. The van der Waals surface area contributed by atoms with Crippen molar-refractivity contribution in [2.45, 2.75) is 37.4 Å². The maximum Gasteiger partial charge on any atom is 0.224 e. The molecule has 33 heavy (non-hydrogen) atoms. The molecule has 2 aromatic rings. The van der Waals surface area contributed by atoms with Crippen molar-refractivity contribution in [3.63, 3.8) is 0 Å². The first-order valence-electron chi connectivity index (χ1n) is 11.3. The monoisotopic (exact) mass is 474 g/mol. The number of benzene rings is 2. The molecule has 2 aliphatic rings. The lowest BCUT2D eigenvalue weighted by atomic mass is 9.87. The van der Waals surface area contributed by atoms with Crippen LogP contribution in [0.15, 0.2) is 36.4 Å². The van der Waals surface area contributed by atoms with Crippen molar-refractivity contribution in [1.29, 1.82) is 0 Å². The first kappa shape index (κ1) is 23.7. The Morgan fingerprint density at radius 3 is 2.79 bits per heavy atom. The first-order chi connectivity index (χ1) is 15.9. The molecule has 2 aromatic carbocycles. The van der Waals surface area contributed by atoms with E-state index in [4.69, 9.17) is 25.8 Å². The predicted octanol–water partition coefficient (Wildman–Crippen LogP) is 2.85. The highest BCUT2D eigenvalue weighted by Gasteiger charge is 2.42. The van der Waals surface area contributed by atoms with Crippen LogP contribution in [0.2, 0.25) is 5.02 Å². The summed E-state index contributed by atoms with van der Waals surface area (Å²) >= 11 is 6.13. The van der Waals surface area contributed by atoms with Crippen molar-refractivity contribution in [3.05, 3.63) is 52.5 Å². The Labute approximate surface area is 199 Å². The number of aliphatic hydroxyl groups excluding tert-OH is 1. The van der Waals surface area contributed by atoms with Crippen LogP contribution >= 0.6 is 11.6 Å². The van der Waals surface area contributed by atoms with Crippen LogP contribution in [0.1, 0.15) is 24.0 Å². The fourth-order valence-electron chi connectivity index (χ4n) is 4.56. The number of rotatable bonds is 8. The Kier molecular flexibility index (Phi) is 7.32. The van der Waals surface area contributed by atoms with Crippen LogP contribution < -0.4 is 19.5 Å². The number of carbonyl (C=O) groups is 1. The number of hydrogen-bond acceptors (Lipinski definition) is 6. The Balaban J connectivity index is 1.28. The number of piperidine rings is 1. The van der Waals surface area contributed by atoms with Crippen molar-refractivity contribution in [2.24, 2.45) is 0 Å². The smallest absolute Gasteiger partial charge is 0.224 e. The largest absolute Gasteiger partial charge is 0.497 e. The van der Waals surface area contributed by atoms with E-state index in [2.05, 4.69) is 10.2 Å². The number of aliphatic hydroxyl groups is 1. The maximum absolute atomic E-state index is 11.8. The van der Waals surface area contributed by atoms with Crippen LogP contribution in [0.5, 0.6) is 17.2 Å². The van der Waals surface area contributed by atoms with E-state index in [1.54, 1.807) is 26.3 Å². The van der Waals surface area contributed by atoms with Gasteiger partial charge in [-0.2, -0.15) is 0 Å². The van der Waals surface area contributed by atoms with Gasteiger partial charge in [-0.15, -0.1) is 0 Å². The number of ether oxygens (including phenoxy) is 3. The average molecular weight is 475 g/mol. The van der Waals surface area contributed by atoms with Gasteiger partial charge in [0.2, 0.25) is 5.91 Å². The fraction of sp³-hybridized carbons (Fsp3) is 0.480. The minimum Gasteiger partial charge on any atom is -0.497 e. The fourth-order valence-corrected chi connectivity index (χ4v) is 4.76. The third-order valence-electron chi connectivity index (χ3n) is 6.43. The molecule has 0 aromatic heterocycles. The van der Waals surface area contributed by atoms with E-state index < -0.39 is 6.10 Å². The predicted molar refractivity (Wildman–Crippen MR) is 126 cm³/mol. The number of likely N-dealkylation sites (N-methyl/N-ethyl adjacent to an activating group) is 1. The van der Waals surface area contributed by atoms with Gasteiger partial charge in [0.1, 0.15) is 35.6 Å². The molecule has 1 saturated heterocycles. The van der Waals surface area contributed by atoms with Crippen molar-refractivity contribution in [2.75, 3.05) is 40.4 Å². The van der Waals surface area contributed by atoms with E-state index >= 15 is 0 Å². The summed E-state index contributed by atoms with van der Waals surface area (Å²) in [5.74, 6) is 2.02. The number of likely N-dealkylation sites (tertiary alicyclic amines) is 1. The van der Waals surface area contributed by atoms with Gasteiger partial charge in [-0.05, 0) is 29.8 Å². The molecule has 1 fully saturated rings. The summed E-state index contributed by atoms with van der Waals surface area (Å²) in [7, 11) is 3.18. The molecule has 0 aliphatic carbocycles. The molecule has 2 aliphatic heterocycles. The highest BCUT2D eigenvalue weighted by molar-refractivity contribution is 6.30. The zero-order chi connectivity index (χ0) is 23.4. The van der Waals surface area contributed by atoms with Crippen LogP contribution in [0.25, 0.3) is 0 Å². The van der Waals surface area contributed by atoms with E-state index in [9.17, 15) is 9.90 Å². The minimum absolute atomic E-state index is 0.105. The number of nitrogens with zero attached hydrogens (tertiary/aromatic N) is 1. The zero-order valence-electron chi connectivity index (χ0n) is 19.1. The van der Waals surface area contributed by atoms with Gasteiger partial charge >= 0.3 is 0 Å². The van der Waals surface area contributed by atoms with Crippen LogP contribution in [0.3, 0.4) is 0 Å². The Hall–Kier alpha value is -2.48. The van der Waals surface area contributed by atoms with Crippen LogP contribution in [-0.4, -0.2) is 68.0 Å². The lowest BCUT2D eigenvalue weighted by molar-refractivity contribution is -0.119. The van der Waals surface area contributed by atoms with E-state index in [1.165, 1.54) is 5.56 Å². The van der Waals surface area contributed by atoms with Crippen molar-refractivity contribution in [3.8, 4) is 17.2 Å². The second-order valence-corrected chi connectivity index (χ2v) is 9.24. The normalized spacial score (nSPS) is 17.8. The number of methoxy groups -OCH3 is 1. The number of fused-ring (bicyclic) bond motifs is 1. The molecule has 0 bridgehead atoms. The summed E-state index contributed by atoms with van der Waals surface area (Å²) in [6, 6.07) is 11.2. The lowest BCUT2D eigenvalue weighted by Gasteiger charge is -2.39. The highest BCUT2D eigenvalue weighted by Crippen LogP contribution is 2.42. The van der Waals surface area contributed by atoms with Crippen LogP contribution in [0.4, 0.5) is 0 Å². The second kappa shape index (κ2) is 10.2. The molecule has 1 spiro atoms. The molecule has 4 rings (SSSR count). The van der Waals surface area contributed by atoms with E-state index in [-0.39, 0.29) is 24.5 Å². The third-order valence-corrected chi connectivity index (χ3v) is 6.67. The standard InChI is InChI=1S/C25H31ClN2O5/c1-27-24(30)12-17-3-5-21(31-2)13-23(17)32-16-20(29)15-28-9-7-25(8-10-28)14-18-11-19(26)4-6-22(18)33-25/h3-6,11,13,20,29H,7-10,12,14-16H2,1-2H3,(H,27,30)/t20-/m0/s1. The first-order valence-corrected chi connectivity index (χ1v) is 11.7. The molecule has 0 saturated carbocycles. The summed E-state index contributed by atoms with van der Waals surface area (Å²) in [6.07, 6.45) is 2.23. The molecule has 0 radical (unpaired) electrons. The van der Waals surface area contributed by atoms with E-state index in [1.807, 2.05) is 24.3 Å².